The Bertz CT molecular complexity index is 1710. The molecule has 0 aromatic carbocycles. The molecular formula is C36H46O16. The quantitative estimate of drug-likeness (QED) is 0.192. The van der Waals surface area contributed by atoms with E-state index >= 15 is 0 Å². The molecule has 8 rings (SSSR count). The van der Waals surface area contributed by atoms with Gasteiger partial charge in [0.15, 0.2) is 11.4 Å². The Labute approximate surface area is 299 Å². The molecule has 3 heterocycles. The predicted molar refractivity (Wildman–Crippen MR) is 167 cm³/mol. The Balaban J connectivity index is 1.43. The van der Waals surface area contributed by atoms with Crippen LogP contribution in [-0.4, -0.2) is 117 Å². The van der Waals surface area contributed by atoms with E-state index in [1.165, 1.54) is 27.7 Å². The number of epoxide rings is 2. The fourth-order valence-electron chi connectivity index (χ4n) is 13.2. The van der Waals surface area contributed by atoms with Crippen LogP contribution in [0, 0.1) is 51.8 Å². The maximum atomic E-state index is 14.7. The highest BCUT2D eigenvalue weighted by Gasteiger charge is 2.94. The van der Waals surface area contributed by atoms with Crippen molar-refractivity contribution in [2.24, 2.45) is 51.8 Å². The zero-order valence-corrected chi connectivity index (χ0v) is 30.4. The molecule has 3 aliphatic heterocycles. The van der Waals surface area contributed by atoms with E-state index < -0.39 is 153 Å². The number of esters is 5. The number of ketones is 1. The summed E-state index contributed by atoms with van der Waals surface area (Å²) in [5.74, 6) is -12.7. The molecule has 5 saturated carbocycles. The summed E-state index contributed by atoms with van der Waals surface area (Å²) in [4.78, 5) is 80.3. The van der Waals surface area contributed by atoms with Gasteiger partial charge in [0, 0.05) is 63.2 Å². The van der Waals surface area contributed by atoms with Gasteiger partial charge in [0.25, 0.3) is 0 Å². The molecule has 20 atom stereocenters. The third-order valence-corrected chi connectivity index (χ3v) is 15.2. The van der Waals surface area contributed by atoms with E-state index in [9.17, 15) is 44.1 Å². The average Bonchev–Trinajstić information content (AvgIpc) is 3.92. The second-order valence-corrected chi connectivity index (χ2v) is 17.3. The zero-order valence-electron chi connectivity index (χ0n) is 30.4. The van der Waals surface area contributed by atoms with Gasteiger partial charge in [0.1, 0.15) is 48.3 Å². The standard InChI is InChI=1S/C36H46O16/c1-11-18-21(33(8)34(9,44)30(43)52-36(33)27(11)51-36)24(46-12(2)37)19-17-20(25(47-13(3)38)28(31(18,19)6)48-14(4)39)32(7)29(49-15(5)40)23-16(50-23)10-35(32,45)26(42)22(17)41/h11,16-25,27-29,41,44-45H,10H2,1-9H3/t11-,16-,17-,18-,19+,20+,21-,22+,23-,24+,25-,27-,28-,29-,31+,32-,33-,34+,35-,36+/m0/s1. The molecular weight excluding hydrogens is 688 g/mol. The molecule has 0 aromatic rings. The molecule has 0 aromatic heterocycles. The monoisotopic (exact) mass is 734 g/mol. The average molecular weight is 735 g/mol. The molecule has 0 unspecified atom stereocenters. The minimum atomic E-state index is -2.39. The van der Waals surface area contributed by atoms with Gasteiger partial charge in [0.05, 0.1) is 16.9 Å². The molecule has 16 heteroatoms. The van der Waals surface area contributed by atoms with E-state index in [2.05, 4.69) is 0 Å². The third-order valence-electron chi connectivity index (χ3n) is 15.2. The van der Waals surface area contributed by atoms with Crippen LogP contribution in [0.1, 0.15) is 68.7 Å². The van der Waals surface area contributed by atoms with Crippen molar-refractivity contribution >= 4 is 35.6 Å². The summed E-state index contributed by atoms with van der Waals surface area (Å²) in [6, 6.07) is 0. The zero-order chi connectivity index (χ0) is 38.2. The molecule has 8 fully saturated rings. The number of ether oxygens (including phenoxy) is 7. The Kier molecular flexibility index (Phi) is 7.11. The van der Waals surface area contributed by atoms with E-state index in [0.717, 1.165) is 13.8 Å². The highest BCUT2D eigenvalue weighted by molar-refractivity contribution is 5.94. The van der Waals surface area contributed by atoms with Crippen molar-refractivity contribution in [3.05, 3.63) is 0 Å². The van der Waals surface area contributed by atoms with E-state index in [1.54, 1.807) is 13.8 Å². The lowest BCUT2D eigenvalue weighted by Crippen LogP contribution is -2.80. The number of rotatable bonds is 4. The SMILES string of the molecule is CC(=O)O[C@@H]1[C@H]2[C@H]3[C@H]([C@H](OC(C)=O)[C@H](OC(C)=O)[C@]2(C)[C@H]2[C@H](C)[C@@H]4O[C@@]45OC(=O)[C@@](C)(O)[C@]5(C)[C@H]12)[C@@]1(C)[C@@H](OC(C)=O)[C@H]2O[C@H]2C[C@]1(O)C(=O)[C@@H]3O. The van der Waals surface area contributed by atoms with Crippen LogP contribution in [0.25, 0.3) is 0 Å². The molecule has 1 spiro atoms. The van der Waals surface area contributed by atoms with Crippen LogP contribution in [0.15, 0.2) is 0 Å². The molecule has 16 nitrogen and oxygen atoms in total. The van der Waals surface area contributed by atoms with E-state index in [0.29, 0.717) is 0 Å². The van der Waals surface area contributed by atoms with Crippen LogP contribution in [0.2, 0.25) is 0 Å². The number of hydrogen-bond donors (Lipinski definition) is 3. The first-order chi connectivity index (χ1) is 24.0. The lowest BCUT2D eigenvalue weighted by molar-refractivity contribution is -0.297. The van der Waals surface area contributed by atoms with E-state index in [1.807, 2.05) is 6.92 Å². The molecule has 3 saturated heterocycles. The van der Waals surface area contributed by atoms with E-state index in [-0.39, 0.29) is 6.42 Å². The van der Waals surface area contributed by atoms with Crippen LogP contribution in [0.5, 0.6) is 0 Å². The van der Waals surface area contributed by atoms with Crippen LogP contribution < -0.4 is 0 Å². The molecule has 286 valence electrons. The maximum Gasteiger partial charge on any atom is 0.341 e. The van der Waals surface area contributed by atoms with Gasteiger partial charge in [-0.15, -0.1) is 0 Å². The summed E-state index contributed by atoms with van der Waals surface area (Å²) in [6.07, 6.45) is -9.92. The number of Topliss-reactive ketones (excluding diaryl/α,β-unsaturated/α-hetero) is 1. The lowest BCUT2D eigenvalue weighted by Gasteiger charge is -2.67. The minimum absolute atomic E-state index is 0.268. The largest absolute Gasteiger partial charge is 0.462 e. The predicted octanol–water partition coefficient (Wildman–Crippen LogP) is -0.261. The Hall–Kier alpha value is -3.18. The third kappa shape index (κ3) is 3.80. The second-order valence-electron chi connectivity index (χ2n) is 17.3. The second kappa shape index (κ2) is 10.3. The first-order valence-corrected chi connectivity index (χ1v) is 17.9. The summed E-state index contributed by atoms with van der Waals surface area (Å²) < 4.78 is 42.3. The summed E-state index contributed by atoms with van der Waals surface area (Å²) >= 11 is 0. The minimum Gasteiger partial charge on any atom is -0.462 e. The van der Waals surface area contributed by atoms with Crippen molar-refractivity contribution in [2.75, 3.05) is 0 Å². The van der Waals surface area contributed by atoms with Crippen LogP contribution >= 0.6 is 0 Å². The smallest absolute Gasteiger partial charge is 0.341 e. The normalized spacial score (nSPS) is 57.2. The first kappa shape index (κ1) is 35.8. The van der Waals surface area contributed by atoms with Crippen molar-refractivity contribution in [3.63, 3.8) is 0 Å². The highest BCUT2D eigenvalue weighted by Crippen LogP contribution is 2.81. The first-order valence-electron chi connectivity index (χ1n) is 17.9. The summed E-state index contributed by atoms with van der Waals surface area (Å²) in [5.41, 5.74) is -9.49. The molecule has 8 aliphatic rings. The van der Waals surface area contributed by atoms with Gasteiger partial charge >= 0.3 is 29.8 Å². The molecule has 52 heavy (non-hydrogen) atoms. The van der Waals surface area contributed by atoms with Gasteiger partial charge in [-0.1, -0.05) is 20.8 Å². The highest BCUT2D eigenvalue weighted by atomic mass is 16.8. The van der Waals surface area contributed by atoms with Gasteiger partial charge in [-0.2, -0.15) is 0 Å². The van der Waals surface area contributed by atoms with Crippen LogP contribution in [-0.2, 0) is 61.9 Å². The molecule has 3 N–H and O–H groups in total. The summed E-state index contributed by atoms with van der Waals surface area (Å²) in [6.45, 7) is 12.7. The van der Waals surface area contributed by atoms with Crippen LogP contribution in [0.4, 0.5) is 0 Å². The number of aliphatic hydroxyl groups is 3. The molecule has 0 amide bonds. The van der Waals surface area contributed by atoms with E-state index in [4.69, 9.17) is 33.2 Å². The fraction of sp³-hybridized carbons (Fsp3) is 0.833. The van der Waals surface area contributed by atoms with Gasteiger partial charge in [-0.05, 0) is 25.7 Å². The van der Waals surface area contributed by atoms with Crippen molar-refractivity contribution in [1.29, 1.82) is 0 Å². The number of aliphatic hydroxyl groups excluding tert-OH is 1. The van der Waals surface area contributed by atoms with Gasteiger partial charge in [0.2, 0.25) is 5.79 Å². The maximum absolute atomic E-state index is 14.7. The number of fused-ring (bicyclic) bond motifs is 9. The lowest BCUT2D eigenvalue weighted by atomic mass is 9.39. The van der Waals surface area contributed by atoms with Crippen molar-refractivity contribution < 1.29 is 77.2 Å². The topological polar surface area (TPSA) is 234 Å². The summed E-state index contributed by atoms with van der Waals surface area (Å²) in [7, 11) is 0. The number of carbonyl (C=O) groups excluding carboxylic acids is 6. The van der Waals surface area contributed by atoms with Gasteiger partial charge in [-0.3, -0.25) is 24.0 Å². The van der Waals surface area contributed by atoms with Crippen molar-refractivity contribution in [1.82, 2.24) is 0 Å². The fourth-order valence-corrected chi connectivity index (χ4v) is 13.2. The van der Waals surface area contributed by atoms with Crippen LogP contribution in [0.3, 0.4) is 0 Å². The van der Waals surface area contributed by atoms with Gasteiger partial charge in [-0.25, -0.2) is 4.79 Å². The Morgan fingerprint density at radius 1 is 0.769 bits per heavy atom. The number of carbonyl (C=O) groups is 6. The Morgan fingerprint density at radius 3 is 1.90 bits per heavy atom. The van der Waals surface area contributed by atoms with Gasteiger partial charge < -0.3 is 48.5 Å². The Morgan fingerprint density at radius 2 is 1.33 bits per heavy atom. The number of hydrogen-bond acceptors (Lipinski definition) is 16. The molecule has 0 bridgehead atoms. The molecule has 0 radical (unpaired) electrons. The summed E-state index contributed by atoms with van der Waals surface area (Å²) in [5, 5.41) is 37.0. The van der Waals surface area contributed by atoms with Crippen molar-refractivity contribution in [2.45, 2.75) is 135 Å². The molecule has 5 aliphatic carbocycles. The van der Waals surface area contributed by atoms with Crippen molar-refractivity contribution in [3.8, 4) is 0 Å².